The lowest BCUT2D eigenvalue weighted by atomic mass is 9.86. The number of benzene rings is 2. The number of amides is 1. The first-order valence-electron chi connectivity index (χ1n) is 7.96. The number of rotatable bonds is 7. The van der Waals surface area contributed by atoms with Crippen molar-refractivity contribution < 1.29 is 14.7 Å². The first-order valence-corrected chi connectivity index (χ1v) is 8.34. The second-order valence-corrected chi connectivity index (χ2v) is 6.25. The maximum Gasteiger partial charge on any atom is 0.328 e. The van der Waals surface area contributed by atoms with Crippen molar-refractivity contribution in [3.8, 4) is 0 Å². The van der Waals surface area contributed by atoms with Gasteiger partial charge >= 0.3 is 5.97 Å². The van der Waals surface area contributed by atoms with Gasteiger partial charge in [0.05, 0.1) is 0 Å². The average molecular weight is 358 g/mol. The molecule has 4 nitrogen and oxygen atoms in total. The van der Waals surface area contributed by atoms with Gasteiger partial charge in [0, 0.05) is 29.1 Å². The van der Waals surface area contributed by atoms with E-state index in [2.05, 4.69) is 5.32 Å². The largest absolute Gasteiger partial charge is 0.478 e. The number of aliphatic carboxylic acids is 1. The van der Waals surface area contributed by atoms with E-state index in [4.69, 9.17) is 16.7 Å². The zero-order valence-corrected chi connectivity index (χ0v) is 14.6. The third-order valence-electron chi connectivity index (χ3n) is 3.95. The summed E-state index contributed by atoms with van der Waals surface area (Å²) in [5, 5.41) is 12.2. The van der Waals surface area contributed by atoms with E-state index in [1.807, 2.05) is 61.5 Å². The SMILES string of the molecule is C[C@@H](NC(=O)/C=C/C(=O)O)[C@@H](Cc1ccc(Cl)cc1)c1ccccc1. The zero-order valence-electron chi connectivity index (χ0n) is 13.9. The zero-order chi connectivity index (χ0) is 18.2. The average Bonchev–Trinajstić information content (AvgIpc) is 2.60. The molecule has 2 rings (SSSR count). The van der Waals surface area contributed by atoms with E-state index in [1.54, 1.807) is 0 Å². The molecule has 2 N–H and O–H groups in total. The van der Waals surface area contributed by atoms with Gasteiger partial charge in [0.2, 0.25) is 5.91 Å². The van der Waals surface area contributed by atoms with Gasteiger partial charge in [-0.2, -0.15) is 0 Å². The minimum atomic E-state index is -1.15. The van der Waals surface area contributed by atoms with Crippen molar-refractivity contribution in [1.29, 1.82) is 0 Å². The molecular weight excluding hydrogens is 338 g/mol. The molecule has 0 saturated heterocycles. The molecule has 0 aliphatic rings. The van der Waals surface area contributed by atoms with Crippen molar-refractivity contribution in [1.82, 2.24) is 5.32 Å². The van der Waals surface area contributed by atoms with Crippen molar-refractivity contribution in [2.75, 3.05) is 0 Å². The molecule has 0 aliphatic heterocycles. The van der Waals surface area contributed by atoms with Gasteiger partial charge in [-0.05, 0) is 36.6 Å². The van der Waals surface area contributed by atoms with Crippen LogP contribution in [0.4, 0.5) is 0 Å². The number of hydrogen-bond acceptors (Lipinski definition) is 2. The summed E-state index contributed by atoms with van der Waals surface area (Å²) in [7, 11) is 0. The molecular formula is C20H20ClNO3. The van der Waals surface area contributed by atoms with E-state index >= 15 is 0 Å². The van der Waals surface area contributed by atoms with Gasteiger partial charge in [0.25, 0.3) is 0 Å². The third-order valence-corrected chi connectivity index (χ3v) is 4.20. The molecule has 130 valence electrons. The Balaban J connectivity index is 2.17. The van der Waals surface area contributed by atoms with Gasteiger partial charge in [0.15, 0.2) is 0 Å². The van der Waals surface area contributed by atoms with E-state index < -0.39 is 11.9 Å². The van der Waals surface area contributed by atoms with Crippen molar-refractivity contribution in [3.63, 3.8) is 0 Å². The monoisotopic (exact) mass is 357 g/mol. The summed E-state index contributed by atoms with van der Waals surface area (Å²) in [5.74, 6) is -1.53. The summed E-state index contributed by atoms with van der Waals surface area (Å²) in [6, 6.07) is 17.4. The fourth-order valence-corrected chi connectivity index (χ4v) is 2.80. The number of carbonyl (C=O) groups excluding carboxylic acids is 1. The standard InChI is InChI=1S/C20H20ClNO3/c1-14(22-19(23)11-12-20(24)25)18(16-5-3-2-4-6-16)13-15-7-9-17(21)10-8-15/h2-12,14,18H,13H2,1H3,(H,22,23)(H,24,25)/b12-11+/t14-,18-/m1/s1. The normalized spacial score (nSPS) is 13.4. The van der Waals surface area contributed by atoms with Crippen LogP contribution < -0.4 is 5.32 Å². The third kappa shape index (κ3) is 6.08. The van der Waals surface area contributed by atoms with Crippen LogP contribution in [-0.4, -0.2) is 23.0 Å². The van der Waals surface area contributed by atoms with Crippen LogP contribution in [0.15, 0.2) is 66.7 Å². The van der Waals surface area contributed by atoms with Gasteiger partial charge in [-0.25, -0.2) is 4.79 Å². The highest BCUT2D eigenvalue weighted by Crippen LogP contribution is 2.25. The minimum Gasteiger partial charge on any atom is -0.478 e. The lowest BCUT2D eigenvalue weighted by Crippen LogP contribution is -2.37. The number of halogens is 1. The molecule has 0 aromatic heterocycles. The Labute approximate surface area is 152 Å². The van der Waals surface area contributed by atoms with Gasteiger partial charge in [-0.15, -0.1) is 0 Å². The van der Waals surface area contributed by atoms with Crippen LogP contribution in [0, 0.1) is 0 Å². The molecule has 0 radical (unpaired) electrons. The summed E-state index contributed by atoms with van der Waals surface area (Å²) in [4.78, 5) is 22.4. The van der Waals surface area contributed by atoms with Gasteiger partial charge < -0.3 is 10.4 Å². The van der Waals surface area contributed by atoms with Crippen molar-refractivity contribution in [2.24, 2.45) is 0 Å². The summed E-state index contributed by atoms with van der Waals surface area (Å²) >= 11 is 5.94. The van der Waals surface area contributed by atoms with Crippen molar-refractivity contribution >= 4 is 23.5 Å². The Kier molecular flexibility index (Phi) is 6.78. The summed E-state index contributed by atoms with van der Waals surface area (Å²) < 4.78 is 0. The molecule has 2 aromatic carbocycles. The van der Waals surface area contributed by atoms with Crippen LogP contribution >= 0.6 is 11.6 Å². The Hall–Kier alpha value is -2.59. The van der Waals surface area contributed by atoms with E-state index in [9.17, 15) is 9.59 Å². The molecule has 1 amide bonds. The first-order chi connectivity index (χ1) is 12.0. The number of carbonyl (C=O) groups is 2. The first kappa shape index (κ1) is 18.7. The highest BCUT2D eigenvalue weighted by atomic mass is 35.5. The number of hydrogen-bond donors (Lipinski definition) is 2. The van der Waals surface area contributed by atoms with Crippen LogP contribution in [0.5, 0.6) is 0 Å². The topological polar surface area (TPSA) is 66.4 Å². The molecule has 25 heavy (non-hydrogen) atoms. The van der Waals surface area contributed by atoms with E-state index in [1.165, 1.54) is 0 Å². The molecule has 0 fully saturated rings. The summed E-state index contributed by atoms with van der Waals surface area (Å²) in [6.07, 6.45) is 2.59. The van der Waals surface area contributed by atoms with Crippen LogP contribution in [0.3, 0.4) is 0 Å². The second kappa shape index (κ2) is 9.04. The minimum absolute atomic E-state index is 0.0459. The molecule has 2 atom stereocenters. The molecule has 0 spiro atoms. The molecule has 5 heteroatoms. The fourth-order valence-electron chi connectivity index (χ4n) is 2.68. The summed E-state index contributed by atoms with van der Waals surface area (Å²) in [5.41, 5.74) is 2.22. The molecule has 2 aromatic rings. The van der Waals surface area contributed by atoms with Crippen LogP contribution in [0.2, 0.25) is 5.02 Å². The Morgan fingerprint density at radius 1 is 1.08 bits per heavy atom. The molecule has 0 aliphatic carbocycles. The predicted molar refractivity (Wildman–Crippen MR) is 98.7 cm³/mol. The maximum atomic E-state index is 11.9. The highest BCUT2D eigenvalue weighted by Gasteiger charge is 2.21. The van der Waals surface area contributed by atoms with Crippen LogP contribution in [0.1, 0.15) is 24.0 Å². The quantitative estimate of drug-likeness (QED) is 0.740. The second-order valence-electron chi connectivity index (χ2n) is 5.82. The predicted octanol–water partition coefficient (Wildman–Crippen LogP) is 3.81. The fraction of sp³-hybridized carbons (Fsp3) is 0.200. The van der Waals surface area contributed by atoms with Crippen molar-refractivity contribution in [2.45, 2.75) is 25.3 Å². The molecule has 0 heterocycles. The maximum absolute atomic E-state index is 11.9. The van der Waals surface area contributed by atoms with Crippen LogP contribution in [-0.2, 0) is 16.0 Å². The molecule has 0 unspecified atom stereocenters. The van der Waals surface area contributed by atoms with E-state index in [0.29, 0.717) is 5.02 Å². The van der Waals surface area contributed by atoms with Gasteiger partial charge in [0.1, 0.15) is 0 Å². The smallest absolute Gasteiger partial charge is 0.328 e. The van der Waals surface area contributed by atoms with Crippen molar-refractivity contribution in [3.05, 3.63) is 82.9 Å². The van der Waals surface area contributed by atoms with E-state index in [0.717, 1.165) is 29.7 Å². The van der Waals surface area contributed by atoms with Gasteiger partial charge in [-0.1, -0.05) is 54.1 Å². The van der Waals surface area contributed by atoms with Gasteiger partial charge in [-0.3, -0.25) is 4.79 Å². The highest BCUT2D eigenvalue weighted by molar-refractivity contribution is 6.30. The summed E-state index contributed by atoms with van der Waals surface area (Å²) in [6.45, 7) is 1.92. The molecule has 0 saturated carbocycles. The number of nitrogens with one attached hydrogen (secondary N) is 1. The Morgan fingerprint density at radius 3 is 2.32 bits per heavy atom. The molecule has 0 bridgehead atoms. The number of carboxylic acids is 1. The Bertz CT molecular complexity index is 741. The Morgan fingerprint density at radius 2 is 1.72 bits per heavy atom. The van der Waals surface area contributed by atoms with E-state index in [-0.39, 0.29) is 12.0 Å². The van der Waals surface area contributed by atoms with Crippen LogP contribution in [0.25, 0.3) is 0 Å². The number of carboxylic acid groups (broad SMARTS) is 1. The lowest BCUT2D eigenvalue weighted by Gasteiger charge is -2.25. The lowest BCUT2D eigenvalue weighted by molar-refractivity contribution is -0.131.